The molecule has 1 aromatic carbocycles. The number of piperazine rings is 1. The highest BCUT2D eigenvalue weighted by Crippen LogP contribution is 2.19. The van der Waals surface area contributed by atoms with Crippen molar-refractivity contribution >= 4 is 22.0 Å². The van der Waals surface area contributed by atoms with Gasteiger partial charge >= 0.3 is 6.09 Å². The topological polar surface area (TPSA) is 87.2 Å². The van der Waals surface area contributed by atoms with Gasteiger partial charge in [0.2, 0.25) is 10.0 Å². The SMILES string of the molecule is CCOC(=O)N1CCN(S(=O)(=O)c2ccc(C(=O)N(CC)CC)cc2)CC1. The summed E-state index contributed by atoms with van der Waals surface area (Å²) in [5.41, 5.74) is 0.463. The molecule has 1 heterocycles. The lowest BCUT2D eigenvalue weighted by Crippen LogP contribution is -2.50. The number of carbonyl (C=O) groups is 2. The lowest BCUT2D eigenvalue weighted by atomic mass is 10.2. The molecule has 1 saturated heterocycles. The predicted molar refractivity (Wildman–Crippen MR) is 101 cm³/mol. The van der Waals surface area contributed by atoms with Crippen LogP contribution in [0.2, 0.25) is 0 Å². The summed E-state index contributed by atoms with van der Waals surface area (Å²) in [5.74, 6) is -0.119. The number of sulfonamides is 1. The second-order valence-corrected chi connectivity index (χ2v) is 8.03. The van der Waals surface area contributed by atoms with Gasteiger partial charge in [-0.15, -0.1) is 0 Å². The molecule has 1 aromatic rings. The molecule has 0 N–H and O–H groups in total. The van der Waals surface area contributed by atoms with Gasteiger partial charge in [-0.1, -0.05) is 0 Å². The number of nitrogens with zero attached hydrogens (tertiary/aromatic N) is 3. The van der Waals surface area contributed by atoms with Gasteiger partial charge in [0, 0.05) is 44.8 Å². The first-order valence-corrected chi connectivity index (χ1v) is 10.6. The van der Waals surface area contributed by atoms with E-state index in [0.717, 1.165) is 0 Å². The molecule has 9 heteroatoms. The molecule has 0 aromatic heterocycles. The first kappa shape index (κ1) is 21.2. The molecule has 8 nitrogen and oxygen atoms in total. The maximum Gasteiger partial charge on any atom is 0.409 e. The molecule has 0 saturated carbocycles. The fourth-order valence-corrected chi connectivity index (χ4v) is 4.36. The van der Waals surface area contributed by atoms with Crippen LogP contribution in [0.25, 0.3) is 0 Å². The Morgan fingerprint density at radius 2 is 1.56 bits per heavy atom. The van der Waals surface area contributed by atoms with Crippen LogP contribution in [-0.2, 0) is 14.8 Å². The Hall–Kier alpha value is -2.13. The van der Waals surface area contributed by atoms with Gasteiger partial charge in [-0.2, -0.15) is 4.31 Å². The van der Waals surface area contributed by atoms with Gasteiger partial charge in [0.25, 0.3) is 5.91 Å². The summed E-state index contributed by atoms with van der Waals surface area (Å²) in [4.78, 5) is 27.4. The largest absolute Gasteiger partial charge is 0.450 e. The molecule has 27 heavy (non-hydrogen) atoms. The molecular weight excluding hydrogens is 370 g/mol. The number of carbonyl (C=O) groups excluding carboxylic acids is 2. The van der Waals surface area contributed by atoms with Gasteiger partial charge in [-0.05, 0) is 45.0 Å². The molecule has 0 aliphatic carbocycles. The van der Waals surface area contributed by atoms with E-state index in [9.17, 15) is 18.0 Å². The summed E-state index contributed by atoms with van der Waals surface area (Å²) < 4.78 is 31.9. The third-order valence-corrected chi connectivity index (χ3v) is 6.47. The van der Waals surface area contributed by atoms with Crippen molar-refractivity contribution in [3.8, 4) is 0 Å². The van der Waals surface area contributed by atoms with Crippen LogP contribution in [0.1, 0.15) is 31.1 Å². The Bertz CT molecular complexity index is 752. The number of hydrogen-bond acceptors (Lipinski definition) is 5. The maximum atomic E-state index is 12.8. The third kappa shape index (κ3) is 4.78. The van der Waals surface area contributed by atoms with Crippen LogP contribution >= 0.6 is 0 Å². The van der Waals surface area contributed by atoms with Crippen molar-refractivity contribution in [2.75, 3.05) is 45.9 Å². The molecule has 0 bridgehead atoms. The van der Waals surface area contributed by atoms with Crippen LogP contribution in [0, 0.1) is 0 Å². The van der Waals surface area contributed by atoms with Crippen LogP contribution < -0.4 is 0 Å². The fourth-order valence-electron chi connectivity index (χ4n) is 2.94. The normalized spacial score (nSPS) is 15.4. The molecule has 2 rings (SSSR count). The van der Waals surface area contributed by atoms with Gasteiger partial charge in [-0.25, -0.2) is 13.2 Å². The first-order chi connectivity index (χ1) is 12.8. The summed E-state index contributed by atoms with van der Waals surface area (Å²) in [6.45, 7) is 8.01. The lowest BCUT2D eigenvalue weighted by molar-refractivity contribution is 0.0772. The highest BCUT2D eigenvalue weighted by Gasteiger charge is 2.30. The molecule has 0 radical (unpaired) electrons. The summed E-state index contributed by atoms with van der Waals surface area (Å²) in [6.07, 6.45) is -0.422. The number of benzene rings is 1. The van der Waals surface area contributed by atoms with Crippen molar-refractivity contribution in [2.45, 2.75) is 25.7 Å². The van der Waals surface area contributed by atoms with Crippen LogP contribution in [0.3, 0.4) is 0 Å². The van der Waals surface area contributed by atoms with Gasteiger partial charge < -0.3 is 14.5 Å². The monoisotopic (exact) mass is 397 g/mol. The van der Waals surface area contributed by atoms with E-state index in [1.807, 2.05) is 13.8 Å². The van der Waals surface area contributed by atoms with Crippen LogP contribution in [0.5, 0.6) is 0 Å². The van der Waals surface area contributed by atoms with Gasteiger partial charge in [-0.3, -0.25) is 4.79 Å². The average Bonchev–Trinajstić information content (AvgIpc) is 2.69. The molecule has 1 aliphatic rings. The predicted octanol–water partition coefficient (Wildman–Crippen LogP) is 1.63. The summed E-state index contributed by atoms with van der Waals surface area (Å²) in [6, 6.07) is 6.01. The minimum atomic E-state index is -3.67. The number of amides is 2. The second kappa shape index (κ2) is 9.18. The highest BCUT2D eigenvalue weighted by atomic mass is 32.2. The molecule has 0 atom stereocenters. The van der Waals surface area contributed by atoms with E-state index in [1.54, 1.807) is 24.0 Å². The lowest BCUT2D eigenvalue weighted by Gasteiger charge is -2.33. The van der Waals surface area contributed by atoms with Crippen molar-refractivity contribution in [2.24, 2.45) is 0 Å². The maximum absolute atomic E-state index is 12.8. The Morgan fingerprint density at radius 3 is 2.04 bits per heavy atom. The molecule has 0 unspecified atom stereocenters. The van der Waals surface area contributed by atoms with Crippen molar-refractivity contribution < 1.29 is 22.7 Å². The van der Waals surface area contributed by atoms with Gasteiger partial charge in [0.15, 0.2) is 0 Å². The van der Waals surface area contributed by atoms with Crippen molar-refractivity contribution in [3.63, 3.8) is 0 Å². The summed E-state index contributed by atoms with van der Waals surface area (Å²) in [5, 5.41) is 0. The smallest absolute Gasteiger partial charge is 0.409 e. The van der Waals surface area contributed by atoms with Crippen LogP contribution in [0.15, 0.2) is 29.2 Å². The van der Waals surface area contributed by atoms with Crippen molar-refractivity contribution in [1.82, 2.24) is 14.1 Å². The first-order valence-electron chi connectivity index (χ1n) is 9.16. The van der Waals surface area contributed by atoms with E-state index in [-0.39, 0.29) is 43.6 Å². The Kier molecular flexibility index (Phi) is 7.20. The van der Waals surface area contributed by atoms with E-state index >= 15 is 0 Å². The van der Waals surface area contributed by atoms with E-state index in [1.165, 1.54) is 21.3 Å². The van der Waals surface area contributed by atoms with E-state index in [2.05, 4.69) is 0 Å². The second-order valence-electron chi connectivity index (χ2n) is 6.09. The zero-order chi connectivity index (χ0) is 20.0. The van der Waals surface area contributed by atoms with Crippen LogP contribution in [0.4, 0.5) is 4.79 Å². The Balaban J connectivity index is 2.07. The zero-order valence-corrected chi connectivity index (χ0v) is 16.9. The molecule has 2 amide bonds. The summed E-state index contributed by atoms with van der Waals surface area (Å²) >= 11 is 0. The quantitative estimate of drug-likeness (QED) is 0.728. The van der Waals surface area contributed by atoms with Crippen molar-refractivity contribution in [1.29, 1.82) is 0 Å². The standard InChI is InChI=1S/C18H27N3O5S/c1-4-19(5-2)17(22)15-7-9-16(10-8-15)27(24,25)21-13-11-20(12-14-21)18(23)26-6-3/h7-10H,4-6,11-14H2,1-3H3. The minimum Gasteiger partial charge on any atom is -0.450 e. The van der Waals surface area contributed by atoms with E-state index in [4.69, 9.17) is 4.74 Å². The minimum absolute atomic E-state index is 0.119. The highest BCUT2D eigenvalue weighted by molar-refractivity contribution is 7.89. The Morgan fingerprint density at radius 1 is 1.00 bits per heavy atom. The molecule has 0 spiro atoms. The number of hydrogen-bond donors (Lipinski definition) is 0. The number of rotatable bonds is 6. The number of ether oxygens (including phenoxy) is 1. The Labute approximate surface area is 160 Å². The molecule has 1 aliphatic heterocycles. The molecule has 1 fully saturated rings. The van der Waals surface area contributed by atoms with Gasteiger partial charge in [0.1, 0.15) is 0 Å². The molecular formula is C18H27N3O5S. The summed E-state index contributed by atoms with van der Waals surface area (Å²) in [7, 11) is -3.67. The van der Waals surface area contributed by atoms with E-state index in [0.29, 0.717) is 18.7 Å². The fraction of sp³-hybridized carbons (Fsp3) is 0.556. The van der Waals surface area contributed by atoms with Crippen molar-refractivity contribution in [3.05, 3.63) is 29.8 Å². The average molecular weight is 397 g/mol. The molecule has 150 valence electrons. The third-order valence-electron chi connectivity index (χ3n) is 4.55. The zero-order valence-electron chi connectivity index (χ0n) is 16.1. The van der Waals surface area contributed by atoms with E-state index < -0.39 is 16.1 Å². The van der Waals surface area contributed by atoms with Crippen LogP contribution in [-0.4, -0.2) is 80.4 Å². The van der Waals surface area contributed by atoms with Gasteiger partial charge in [0.05, 0.1) is 11.5 Å².